The number of amides is 1. The molecule has 0 aliphatic carbocycles. The first-order chi connectivity index (χ1) is 11.1. The van der Waals surface area contributed by atoms with Crippen LogP contribution in [-0.4, -0.2) is 11.7 Å². The van der Waals surface area contributed by atoms with Crippen molar-refractivity contribution in [1.82, 2.24) is 5.32 Å². The van der Waals surface area contributed by atoms with Crippen LogP contribution in [0, 0.1) is 13.8 Å². The quantitative estimate of drug-likeness (QED) is 0.730. The number of rotatable bonds is 6. The molecule has 0 bridgehead atoms. The van der Waals surface area contributed by atoms with Crippen LogP contribution in [0.2, 0.25) is 0 Å². The molecule has 2 nitrogen and oxygen atoms in total. The van der Waals surface area contributed by atoms with Gasteiger partial charge < -0.3 is 5.32 Å². The number of thioether (sulfide) groups is 1. The molecule has 0 spiro atoms. The van der Waals surface area contributed by atoms with Crippen molar-refractivity contribution in [2.24, 2.45) is 0 Å². The van der Waals surface area contributed by atoms with Gasteiger partial charge in [0.1, 0.15) is 0 Å². The molecule has 0 fully saturated rings. The van der Waals surface area contributed by atoms with Crippen LogP contribution in [0.4, 0.5) is 0 Å². The summed E-state index contributed by atoms with van der Waals surface area (Å²) >= 11 is 1.70. The van der Waals surface area contributed by atoms with E-state index in [-0.39, 0.29) is 11.9 Å². The fourth-order valence-electron chi connectivity index (χ4n) is 2.57. The standard InChI is InChI=1S/C20H25NOS/c1-5-18(16-12-11-14(3)15(4)13-16)21-20(22)17-9-7-8-10-19(17)23-6-2/h7-13,18H,5-6H2,1-4H3,(H,21,22)/t18-/m1/s1. The number of hydrogen-bond donors (Lipinski definition) is 1. The Labute approximate surface area is 143 Å². The summed E-state index contributed by atoms with van der Waals surface area (Å²) in [5, 5.41) is 3.19. The van der Waals surface area contributed by atoms with Crippen molar-refractivity contribution in [2.45, 2.75) is 45.1 Å². The molecule has 2 aromatic rings. The summed E-state index contributed by atoms with van der Waals surface area (Å²) in [7, 11) is 0. The Kier molecular flexibility index (Phi) is 6.28. The van der Waals surface area contributed by atoms with Crippen LogP contribution in [0.25, 0.3) is 0 Å². The summed E-state index contributed by atoms with van der Waals surface area (Å²) in [4.78, 5) is 13.8. The van der Waals surface area contributed by atoms with Crippen molar-refractivity contribution in [3.63, 3.8) is 0 Å². The van der Waals surface area contributed by atoms with Crippen LogP contribution in [0.15, 0.2) is 47.4 Å². The summed E-state index contributed by atoms with van der Waals surface area (Å²) < 4.78 is 0. The zero-order chi connectivity index (χ0) is 16.8. The minimum absolute atomic E-state index is 0.00614. The lowest BCUT2D eigenvalue weighted by Gasteiger charge is -2.19. The molecule has 3 heteroatoms. The number of carbonyl (C=O) groups excluding carboxylic acids is 1. The molecule has 0 aliphatic heterocycles. The molecule has 23 heavy (non-hydrogen) atoms. The average Bonchev–Trinajstić information content (AvgIpc) is 2.56. The fraction of sp³-hybridized carbons (Fsp3) is 0.350. The number of benzene rings is 2. The molecule has 0 heterocycles. The molecular weight excluding hydrogens is 302 g/mol. The zero-order valence-corrected chi connectivity index (χ0v) is 15.2. The summed E-state index contributed by atoms with van der Waals surface area (Å²) in [6, 6.07) is 14.3. The molecule has 0 radical (unpaired) electrons. The van der Waals surface area contributed by atoms with E-state index < -0.39 is 0 Å². The average molecular weight is 327 g/mol. The van der Waals surface area contributed by atoms with E-state index in [4.69, 9.17) is 0 Å². The highest BCUT2D eigenvalue weighted by molar-refractivity contribution is 7.99. The third-order valence-corrected chi connectivity index (χ3v) is 5.03. The van der Waals surface area contributed by atoms with Gasteiger partial charge in [0.2, 0.25) is 0 Å². The van der Waals surface area contributed by atoms with Crippen LogP contribution in [-0.2, 0) is 0 Å². The Morgan fingerprint density at radius 2 is 1.83 bits per heavy atom. The Hall–Kier alpha value is -1.74. The van der Waals surface area contributed by atoms with Crippen LogP contribution >= 0.6 is 11.8 Å². The Balaban J connectivity index is 2.21. The van der Waals surface area contributed by atoms with Gasteiger partial charge in [0.25, 0.3) is 5.91 Å². The first-order valence-corrected chi connectivity index (χ1v) is 9.15. The zero-order valence-electron chi connectivity index (χ0n) is 14.3. The molecule has 0 saturated carbocycles. The smallest absolute Gasteiger partial charge is 0.252 e. The number of aryl methyl sites for hydroxylation is 2. The Morgan fingerprint density at radius 1 is 1.09 bits per heavy atom. The van der Waals surface area contributed by atoms with Gasteiger partial charge in [-0.2, -0.15) is 0 Å². The number of nitrogens with one attached hydrogen (secondary N) is 1. The largest absolute Gasteiger partial charge is 0.345 e. The van der Waals surface area contributed by atoms with Crippen LogP contribution in [0.5, 0.6) is 0 Å². The molecule has 0 unspecified atom stereocenters. The second kappa shape index (κ2) is 8.21. The Morgan fingerprint density at radius 3 is 2.48 bits per heavy atom. The maximum absolute atomic E-state index is 12.7. The lowest BCUT2D eigenvalue weighted by atomic mass is 9.99. The topological polar surface area (TPSA) is 29.1 Å². The molecule has 0 aliphatic rings. The molecule has 1 N–H and O–H groups in total. The molecule has 0 aromatic heterocycles. The normalized spacial score (nSPS) is 12.0. The van der Waals surface area contributed by atoms with Gasteiger partial charge in [0.15, 0.2) is 0 Å². The van der Waals surface area contributed by atoms with E-state index in [9.17, 15) is 4.79 Å². The maximum Gasteiger partial charge on any atom is 0.252 e. The third kappa shape index (κ3) is 4.38. The van der Waals surface area contributed by atoms with E-state index in [1.54, 1.807) is 11.8 Å². The van der Waals surface area contributed by atoms with Gasteiger partial charge in [-0.05, 0) is 54.8 Å². The molecule has 2 aromatic carbocycles. The molecular formula is C20H25NOS. The summed E-state index contributed by atoms with van der Waals surface area (Å²) in [5.74, 6) is 0.963. The van der Waals surface area contributed by atoms with Gasteiger partial charge in [0.05, 0.1) is 11.6 Å². The number of hydrogen-bond acceptors (Lipinski definition) is 2. The van der Waals surface area contributed by atoms with E-state index >= 15 is 0 Å². The van der Waals surface area contributed by atoms with Crippen molar-refractivity contribution in [1.29, 1.82) is 0 Å². The second-order valence-corrected chi connectivity index (χ2v) is 7.01. The van der Waals surface area contributed by atoms with Crippen molar-refractivity contribution in [2.75, 3.05) is 5.75 Å². The van der Waals surface area contributed by atoms with E-state index in [0.717, 1.165) is 22.6 Å². The molecule has 122 valence electrons. The van der Waals surface area contributed by atoms with Gasteiger partial charge in [-0.15, -0.1) is 11.8 Å². The fourth-order valence-corrected chi connectivity index (χ4v) is 3.38. The first kappa shape index (κ1) is 17.6. The van der Waals surface area contributed by atoms with Crippen molar-refractivity contribution >= 4 is 17.7 Å². The monoisotopic (exact) mass is 327 g/mol. The highest BCUT2D eigenvalue weighted by atomic mass is 32.2. The lowest BCUT2D eigenvalue weighted by Crippen LogP contribution is -2.28. The Bertz CT molecular complexity index is 681. The summed E-state index contributed by atoms with van der Waals surface area (Å²) in [6.45, 7) is 8.42. The van der Waals surface area contributed by atoms with Gasteiger partial charge in [0, 0.05) is 4.90 Å². The predicted molar refractivity (Wildman–Crippen MR) is 99.3 cm³/mol. The molecule has 1 atom stereocenters. The summed E-state index contributed by atoms with van der Waals surface area (Å²) in [6.07, 6.45) is 0.872. The van der Waals surface area contributed by atoms with Gasteiger partial charge in [-0.25, -0.2) is 0 Å². The maximum atomic E-state index is 12.7. The first-order valence-electron chi connectivity index (χ1n) is 8.16. The molecule has 2 rings (SSSR count). The third-order valence-electron chi connectivity index (χ3n) is 4.08. The van der Waals surface area contributed by atoms with Crippen LogP contribution < -0.4 is 5.32 Å². The minimum atomic E-state index is 0.00614. The van der Waals surface area contributed by atoms with E-state index in [1.165, 1.54) is 16.7 Å². The second-order valence-electron chi connectivity index (χ2n) is 5.71. The van der Waals surface area contributed by atoms with E-state index in [2.05, 4.69) is 51.2 Å². The highest BCUT2D eigenvalue weighted by Crippen LogP contribution is 2.24. The van der Waals surface area contributed by atoms with Gasteiger partial charge in [-0.1, -0.05) is 44.2 Å². The molecule has 1 amide bonds. The SMILES string of the molecule is CCSc1ccccc1C(=O)N[C@H](CC)c1ccc(C)c(C)c1. The predicted octanol–water partition coefficient (Wildman–Crippen LogP) is 5.30. The van der Waals surface area contributed by atoms with Crippen LogP contribution in [0.3, 0.4) is 0 Å². The van der Waals surface area contributed by atoms with E-state index in [1.807, 2.05) is 24.3 Å². The molecule has 0 saturated heterocycles. The van der Waals surface area contributed by atoms with Crippen LogP contribution in [0.1, 0.15) is 53.4 Å². The number of carbonyl (C=O) groups is 1. The van der Waals surface area contributed by atoms with E-state index in [0.29, 0.717) is 0 Å². The van der Waals surface area contributed by atoms with Gasteiger partial charge >= 0.3 is 0 Å². The van der Waals surface area contributed by atoms with Crippen molar-refractivity contribution < 1.29 is 4.79 Å². The van der Waals surface area contributed by atoms with Crippen molar-refractivity contribution in [3.05, 3.63) is 64.7 Å². The minimum Gasteiger partial charge on any atom is -0.345 e. The summed E-state index contributed by atoms with van der Waals surface area (Å²) in [5.41, 5.74) is 4.47. The van der Waals surface area contributed by atoms with Crippen molar-refractivity contribution in [3.8, 4) is 0 Å². The van der Waals surface area contributed by atoms with Gasteiger partial charge in [-0.3, -0.25) is 4.79 Å². The lowest BCUT2D eigenvalue weighted by molar-refractivity contribution is 0.0932. The highest BCUT2D eigenvalue weighted by Gasteiger charge is 2.17.